The first-order valence-electron chi connectivity index (χ1n) is 5.74. The molecule has 0 saturated heterocycles. The Balaban J connectivity index is 2.30. The average Bonchev–Trinajstić information content (AvgIpc) is 2.36. The van der Waals surface area contributed by atoms with Crippen LogP contribution in [0.4, 0.5) is 11.4 Å². The minimum Gasteiger partial charge on any atom is -0.353 e. The van der Waals surface area contributed by atoms with Gasteiger partial charge in [0.15, 0.2) is 10.3 Å². The molecular weight excluding hydrogens is 269 g/mol. The molecule has 0 aliphatic carbocycles. The summed E-state index contributed by atoms with van der Waals surface area (Å²) in [6.07, 6.45) is 2.09. The molecule has 3 nitrogen and oxygen atoms in total. The molecule has 0 fully saturated rings. The number of nitrogens with zero attached hydrogens (tertiary/aromatic N) is 2. The number of aromatic nitrogens is 2. The second-order valence-corrected chi connectivity index (χ2v) is 4.65. The van der Waals surface area contributed by atoms with Gasteiger partial charge in [0.05, 0.1) is 5.69 Å². The third kappa shape index (κ3) is 3.12. The van der Waals surface area contributed by atoms with E-state index in [1.165, 1.54) is 5.56 Å². The molecule has 18 heavy (non-hydrogen) atoms. The maximum Gasteiger partial charge on any atom is 0.175 e. The van der Waals surface area contributed by atoms with Crippen LogP contribution in [0, 0.1) is 0 Å². The van der Waals surface area contributed by atoms with Gasteiger partial charge in [0.1, 0.15) is 0 Å². The summed E-state index contributed by atoms with van der Waals surface area (Å²) in [5.41, 5.74) is 2.93. The predicted octanol–water partition coefficient (Wildman–Crippen LogP) is 4.48. The van der Waals surface area contributed by atoms with Crippen molar-refractivity contribution >= 4 is 34.6 Å². The van der Waals surface area contributed by atoms with E-state index in [0.717, 1.165) is 18.5 Å². The Hall–Kier alpha value is -1.32. The molecule has 0 unspecified atom stereocenters. The van der Waals surface area contributed by atoms with Crippen molar-refractivity contribution in [2.24, 2.45) is 0 Å². The molecule has 5 heteroatoms. The topological polar surface area (TPSA) is 37.8 Å². The third-order valence-electron chi connectivity index (χ3n) is 2.53. The van der Waals surface area contributed by atoms with Crippen molar-refractivity contribution in [1.82, 2.24) is 10.2 Å². The summed E-state index contributed by atoms with van der Waals surface area (Å²) in [6, 6.07) is 9.77. The van der Waals surface area contributed by atoms with Crippen LogP contribution in [0.5, 0.6) is 0 Å². The second kappa shape index (κ2) is 6.03. The van der Waals surface area contributed by atoms with Crippen molar-refractivity contribution in [2.75, 3.05) is 5.32 Å². The highest BCUT2D eigenvalue weighted by Crippen LogP contribution is 2.27. The maximum absolute atomic E-state index is 5.98. The van der Waals surface area contributed by atoms with Gasteiger partial charge in [0.2, 0.25) is 0 Å². The van der Waals surface area contributed by atoms with Crippen LogP contribution in [0.3, 0.4) is 0 Å². The molecule has 0 amide bonds. The molecule has 0 atom stereocenters. The molecular formula is C13H13Cl2N3. The number of hydrogen-bond donors (Lipinski definition) is 1. The Bertz CT molecular complexity index is 544. The summed E-state index contributed by atoms with van der Waals surface area (Å²) >= 11 is 11.8. The maximum atomic E-state index is 5.98. The molecule has 0 spiro atoms. The number of benzene rings is 1. The molecule has 0 bridgehead atoms. The van der Waals surface area contributed by atoms with Gasteiger partial charge in [0, 0.05) is 11.8 Å². The van der Waals surface area contributed by atoms with E-state index in [9.17, 15) is 0 Å². The minimum absolute atomic E-state index is 0.311. The molecule has 1 aromatic carbocycles. The fourth-order valence-corrected chi connectivity index (χ4v) is 2.00. The highest BCUT2D eigenvalue weighted by Gasteiger charge is 2.07. The molecule has 0 saturated carbocycles. The number of anilines is 2. The van der Waals surface area contributed by atoms with Gasteiger partial charge in [-0.2, -0.15) is 0 Å². The summed E-state index contributed by atoms with van der Waals surface area (Å²) in [7, 11) is 0. The van der Waals surface area contributed by atoms with E-state index in [4.69, 9.17) is 23.2 Å². The predicted molar refractivity (Wildman–Crippen MR) is 75.8 cm³/mol. The Morgan fingerprint density at radius 3 is 2.67 bits per heavy atom. The van der Waals surface area contributed by atoms with Crippen molar-refractivity contribution < 1.29 is 0 Å². The van der Waals surface area contributed by atoms with E-state index in [2.05, 4.69) is 28.5 Å². The first kappa shape index (κ1) is 13.1. The van der Waals surface area contributed by atoms with E-state index in [-0.39, 0.29) is 0 Å². The van der Waals surface area contributed by atoms with Crippen LogP contribution in [0.15, 0.2) is 30.3 Å². The Morgan fingerprint density at radius 2 is 1.89 bits per heavy atom. The van der Waals surface area contributed by atoms with E-state index in [0.29, 0.717) is 16.0 Å². The van der Waals surface area contributed by atoms with Gasteiger partial charge in [0.25, 0.3) is 0 Å². The lowest BCUT2D eigenvalue weighted by molar-refractivity contribution is 0.923. The van der Waals surface area contributed by atoms with Crippen LogP contribution in [0.2, 0.25) is 10.3 Å². The Labute approximate surface area is 116 Å². The number of hydrogen-bond acceptors (Lipinski definition) is 3. The zero-order chi connectivity index (χ0) is 13.0. The summed E-state index contributed by atoms with van der Waals surface area (Å²) in [6.45, 7) is 2.15. The molecule has 2 aromatic rings. The first-order valence-corrected chi connectivity index (χ1v) is 6.50. The molecule has 94 valence electrons. The van der Waals surface area contributed by atoms with Crippen molar-refractivity contribution in [3.05, 3.63) is 46.2 Å². The fraction of sp³-hybridized carbons (Fsp3) is 0.231. The van der Waals surface area contributed by atoms with E-state index < -0.39 is 0 Å². The van der Waals surface area contributed by atoms with Crippen LogP contribution < -0.4 is 5.32 Å². The molecule has 1 N–H and O–H groups in total. The molecule has 1 heterocycles. The van der Waals surface area contributed by atoms with Gasteiger partial charge in [-0.05, 0) is 18.1 Å². The van der Waals surface area contributed by atoms with Crippen LogP contribution in [-0.2, 0) is 6.42 Å². The largest absolute Gasteiger partial charge is 0.353 e. The smallest absolute Gasteiger partial charge is 0.175 e. The quantitative estimate of drug-likeness (QED) is 0.898. The molecule has 2 rings (SSSR count). The van der Waals surface area contributed by atoms with Crippen molar-refractivity contribution in [3.8, 4) is 0 Å². The number of aryl methyl sites for hydroxylation is 1. The lowest BCUT2D eigenvalue weighted by Crippen LogP contribution is -1.98. The van der Waals surface area contributed by atoms with Gasteiger partial charge in [-0.1, -0.05) is 54.7 Å². The van der Waals surface area contributed by atoms with Crippen LogP contribution in [0.1, 0.15) is 18.9 Å². The third-order valence-corrected chi connectivity index (χ3v) is 2.99. The lowest BCUT2D eigenvalue weighted by Gasteiger charge is -2.12. The van der Waals surface area contributed by atoms with Gasteiger partial charge in [-0.25, -0.2) is 0 Å². The van der Waals surface area contributed by atoms with Crippen molar-refractivity contribution in [1.29, 1.82) is 0 Å². The number of para-hydroxylation sites is 1. The average molecular weight is 282 g/mol. The Kier molecular flexibility index (Phi) is 4.39. The van der Waals surface area contributed by atoms with Gasteiger partial charge < -0.3 is 5.32 Å². The van der Waals surface area contributed by atoms with Crippen LogP contribution in [-0.4, -0.2) is 10.2 Å². The number of halogens is 2. The van der Waals surface area contributed by atoms with E-state index in [1.807, 2.05) is 18.2 Å². The van der Waals surface area contributed by atoms with Gasteiger partial charge in [-0.3, -0.25) is 0 Å². The van der Waals surface area contributed by atoms with Gasteiger partial charge >= 0.3 is 0 Å². The molecule has 0 aliphatic heterocycles. The summed E-state index contributed by atoms with van der Waals surface area (Å²) in [5, 5.41) is 11.3. The second-order valence-electron chi connectivity index (χ2n) is 3.90. The minimum atomic E-state index is 0.311. The summed E-state index contributed by atoms with van der Waals surface area (Å²) in [4.78, 5) is 0. The number of nitrogens with one attached hydrogen (secondary N) is 1. The van der Waals surface area contributed by atoms with Crippen molar-refractivity contribution in [2.45, 2.75) is 19.8 Å². The Morgan fingerprint density at radius 1 is 1.11 bits per heavy atom. The SMILES string of the molecule is CCCc1ccccc1Nc1cc(Cl)nnc1Cl. The summed E-state index contributed by atoms with van der Waals surface area (Å²) in [5.74, 6) is 0. The highest BCUT2D eigenvalue weighted by molar-refractivity contribution is 6.33. The zero-order valence-corrected chi connectivity index (χ0v) is 11.5. The van der Waals surface area contributed by atoms with Crippen LogP contribution in [0.25, 0.3) is 0 Å². The van der Waals surface area contributed by atoms with Crippen LogP contribution >= 0.6 is 23.2 Å². The van der Waals surface area contributed by atoms with Gasteiger partial charge in [-0.15, -0.1) is 10.2 Å². The van der Waals surface area contributed by atoms with E-state index in [1.54, 1.807) is 6.07 Å². The summed E-state index contributed by atoms with van der Waals surface area (Å²) < 4.78 is 0. The molecule has 0 aliphatic rings. The molecule has 0 radical (unpaired) electrons. The normalized spacial score (nSPS) is 10.4. The van der Waals surface area contributed by atoms with E-state index >= 15 is 0 Å². The lowest BCUT2D eigenvalue weighted by atomic mass is 10.1. The fourth-order valence-electron chi connectivity index (χ4n) is 1.72. The van der Waals surface area contributed by atoms with Crippen molar-refractivity contribution in [3.63, 3.8) is 0 Å². The molecule has 1 aromatic heterocycles. The highest BCUT2D eigenvalue weighted by atomic mass is 35.5. The standard InChI is InChI=1S/C13H13Cl2N3/c1-2-5-9-6-3-4-7-10(9)16-11-8-12(14)17-18-13(11)15/h3-4,6-8H,2,5H2,1H3,(H,16,17). The number of rotatable bonds is 4. The first-order chi connectivity index (χ1) is 8.70. The monoisotopic (exact) mass is 281 g/mol. The zero-order valence-electron chi connectivity index (χ0n) is 9.95.